The zero-order valence-corrected chi connectivity index (χ0v) is 11.4. The zero-order chi connectivity index (χ0) is 13.8. The third kappa shape index (κ3) is 3.06. The van der Waals surface area contributed by atoms with Crippen LogP contribution in [0, 0.1) is 5.82 Å². The van der Waals surface area contributed by atoms with Crippen molar-refractivity contribution in [3.8, 4) is 0 Å². The highest BCUT2D eigenvalue weighted by atomic mass is 19.1. The SMILES string of the molecule is CCC1CCCCCN1C(=O)c1ccc(F)cc1N. The predicted molar refractivity (Wildman–Crippen MR) is 74.4 cm³/mol. The Bertz CT molecular complexity index is 461. The van der Waals surface area contributed by atoms with E-state index in [0.717, 1.165) is 25.8 Å². The van der Waals surface area contributed by atoms with Crippen LogP contribution in [0.5, 0.6) is 0 Å². The largest absolute Gasteiger partial charge is 0.398 e. The van der Waals surface area contributed by atoms with Crippen molar-refractivity contribution in [3.05, 3.63) is 29.6 Å². The Balaban J connectivity index is 2.25. The van der Waals surface area contributed by atoms with Crippen molar-refractivity contribution >= 4 is 11.6 Å². The average Bonchev–Trinajstić information content (AvgIpc) is 2.63. The number of benzene rings is 1. The van der Waals surface area contributed by atoms with Gasteiger partial charge in [-0.05, 0) is 37.5 Å². The molecule has 1 atom stereocenters. The van der Waals surface area contributed by atoms with Crippen LogP contribution in [-0.4, -0.2) is 23.4 Å². The number of nitrogen functional groups attached to an aromatic ring is 1. The second kappa shape index (κ2) is 6.04. The molecule has 2 N–H and O–H groups in total. The van der Waals surface area contributed by atoms with Crippen molar-refractivity contribution < 1.29 is 9.18 Å². The normalized spacial score (nSPS) is 20.1. The number of rotatable bonds is 2. The van der Waals surface area contributed by atoms with E-state index < -0.39 is 5.82 Å². The Kier molecular flexibility index (Phi) is 4.40. The molecule has 3 nitrogen and oxygen atoms in total. The minimum absolute atomic E-state index is 0.0637. The lowest BCUT2D eigenvalue weighted by Crippen LogP contribution is -2.40. The van der Waals surface area contributed by atoms with Crippen molar-refractivity contribution in [2.75, 3.05) is 12.3 Å². The number of hydrogen-bond donors (Lipinski definition) is 1. The second-order valence-electron chi connectivity index (χ2n) is 5.14. The fraction of sp³-hybridized carbons (Fsp3) is 0.533. The number of amides is 1. The molecule has 0 bridgehead atoms. The van der Waals surface area contributed by atoms with E-state index in [-0.39, 0.29) is 17.6 Å². The molecule has 2 rings (SSSR count). The molecule has 1 aromatic rings. The smallest absolute Gasteiger partial charge is 0.256 e. The third-order valence-corrected chi connectivity index (χ3v) is 3.85. The van der Waals surface area contributed by atoms with E-state index in [9.17, 15) is 9.18 Å². The molecule has 0 aliphatic carbocycles. The molecule has 1 aromatic carbocycles. The molecule has 19 heavy (non-hydrogen) atoms. The molecule has 1 amide bonds. The number of likely N-dealkylation sites (tertiary alicyclic amines) is 1. The van der Waals surface area contributed by atoms with Crippen LogP contribution in [-0.2, 0) is 0 Å². The van der Waals surface area contributed by atoms with Crippen LogP contribution in [0.1, 0.15) is 49.4 Å². The van der Waals surface area contributed by atoms with E-state index in [4.69, 9.17) is 5.73 Å². The molecular formula is C15H21FN2O. The van der Waals surface area contributed by atoms with Crippen LogP contribution in [0.25, 0.3) is 0 Å². The number of nitrogens with zero attached hydrogens (tertiary/aromatic N) is 1. The van der Waals surface area contributed by atoms with Gasteiger partial charge in [0, 0.05) is 18.3 Å². The Morgan fingerprint density at radius 1 is 1.42 bits per heavy atom. The van der Waals surface area contributed by atoms with E-state index in [2.05, 4.69) is 6.92 Å². The minimum atomic E-state index is -0.406. The van der Waals surface area contributed by atoms with Gasteiger partial charge in [0.25, 0.3) is 5.91 Å². The van der Waals surface area contributed by atoms with Gasteiger partial charge in [0.2, 0.25) is 0 Å². The van der Waals surface area contributed by atoms with Gasteiger partial charge in [0.1, 0.15) is 5.82 Å². The number of halogens is 1. The molecule has 1 fully saturated rings. The number of carbonyl (C=O) groups is 1. The van der Waals surface area contributed by atoms with Crippen molar-refractivity contribution in [1.29, 1.82) is 0 Å². The molecule has 0 saturated carbocycles. The van der Waals surface area contributed by atoms with Gasteiger partial charge < -0.3 is 10.6 Å². The van der Waals surface area contributed by atoms with E-state index >= 15 is 0 Å². The summed E-state index contributed by atoms with van der Waals surface area (Å²) in [5.41, 5.74) is 6.41. The van der Waals surface area contributed by atoms with Crippen molar-refractivity contribution in [3.63, 3.8) is 0 Å². The van der Waals surface area contributed by atoms with E-state index in [1.54, 1.807) is 0 Å². The van der Waals surface area contributed by atoms with E-state index in [1.165, 1.54) is 31.0 Å². The van der Waals surface area contributed by atoms with E-state index in [1.807, 2.05) is 4.90 Å². The van der Waals surface area contributed by atoms with Crippen LogP contribution < -0.4 is 5.73 Å². The van der Waals surface area contributed by atoms with E-state index in [0.29, 0.717) is 5.56 Å². The van der Waals surface area contributed by atoms with Crippen LogP contribution in [0.2, 0.25) is 0 Å². The molecule has 1 aliphatic rings. The van der Waals surface area contributed by atoms with Gasteiger partial charge in [-0.1, -0.05) is 19.8 Å². The summed E-state index contributed by atoms with van der Waals surface area (Å²) in [7, 11) is 0. The summed E-state index contributed by atoms with van der Waals surface area (Å²) in [5.74, 6) is -0.469. The predicted octanol–water partition coefficient (Wildman–Crippen LogP) is 3.20. The Morgan fingerprint density at radius 3 is 2.89 bits per heavy atom. The van der Waals surface area contributed by atoms with Crippen LogP contribution in [0.3, 0.4) is 0 Å². The Morgan fingerprint density at radius 2 is 2.21 bits per heavy atom. The summed E-state index contributed by atoms with van der Waals surface area (Å²) in [6.07, 6.45) is 5.36. The molecule has 104 valence electrons. The maximum atomic E-state index is 13.1. The zero-order valence-electron chi connectivity index (χ0n) is 11.4. The lowest BCUT2D eigenvalue weighted by molar-refractivity contribution is 0.0679. The lowest BCUT2D eigenvalue weighted by Gasteiger charge is -2.29. The Labute approximate surface area is 113 Å². The number of carbonyl (C=O) groups excluding carboxylic acids is 1. The van der Waals surface area contributed by atoms with Gasteiger partial charge in [0.05, 0.1) is 5.56 Å². The molecule has 1 unspecified atom stereocenters. The maximum Gasteiger partial charge on any atom is 0.256 e. The molecule has 1 saturated heterocycles. The first-order valence-electron chi connectivity index (χ1n) is 6.99. The topological polar surface area (TPSA) is 46.3 Å². The second-order valence-corrected chi connectivity index (χ2v) is 5.14. The van der Waals surface area contributed by atoms with Crippen LogP contribution in [0.15, 0.2) is 18.2 Å². The van der Waals surface area contributed by atoms with Gasteiger partial charge in [0.15, 0.2) is 0 Å². The van der Waals surface area contributed by atoms with Crippen LogP contribution >= 0.6 is 0 Å². The summed E-state index contributed by atoms with van der Waals surface area (Å²) in [6.45, 7) is 2.87. The first-order chi connectivity index (χ1) is 9.13. The number of anilines is 1. The summed E-state index contributed by atoms with van der Waals surface area (Å²) >= 11 is 0. The fourth-order valence-electron chi connectivity index (χ4n) is 2.75. The first kappa shape index (κ1) is 13.8. The van der Waals surface area contributed by atoms with Crippen molar-refractivity contribution in [1.82, 2.24) is 4.90 Å². The van der Waals surface area contributed by atoms with Gasteiger partial charge >= 0.3 is 0 Å². The number of hydrogen-bond acceptors (Lipinski definition) is 2. The summed E-state index contributed by atoms with van der Waals surface area (Å²) in [6, 6.07) is 4.28. The van der Waals surface area contributed by atoms with Gasteiger partial charge in [-0.15, -0.1) is 0 Å². The minimum Gasteiger partial charge on any atom is -0.398 e. The van der Waals surface area contributed by atoms with Gasteiger partial charge in [-0.25, -0.2) is 4.39 Å². The van der Waals surface area contributed by atoms with Crippen molar-refractivity contribution in [2.45, 2.75) is 45.1 Å². The molecule has 0 spiro atoms. The number of nitrogens with two attached hydrogens (primary N) is 1. The molecule has 1 heterocycles. The van der Waals surface area contributed by atoms with Crippen molar-refractivity contribution in [2.24, 2.45) is 0 Å². The molecule has 4 heteroatoms. The quantitative estimate of drug-likeness (QED) is 0.834. The highest BCUT2D eigenvalue weighted by Gasteiger charge is 2.26. The monoisotopic (exact) mass is 264 g/mol. The molecule has 0 radical (unpaired) electrons. The highest BCUT2D eigenvalue weighted by molar-refractivity contribution is 5.99. The summed E-state index contributed by atoms with van der Waals surface area (Å²) < 4.78 is 13.1. The third-order valence-electron chi connectivity index (χ3n) is 3.85. The van der Waals surface area contributed by atoms with Crippen LogP contribution in [0.4, 0.5) is 10.1 Å². The Hall–Kier alpha value is -1.58. The van der Waals surface area contributed by atoms with Gasteiger partial charge in [-0.2, -0.15) is 0 Å². The average molecular weight is 264 g/mol. The lowest BCUT2D eigenvalue weighted by atomic mass is 10.1. The van der Waals surface area contributed by atoms with Gasteiger partial charge in [-0.3, -0.25) is 4.79 Å². The summed E-state index contributed by atoms with van der Waals surface area (Å²) in [4.78, 5) is 14.5. The summed E-state index contributed by atoms with van der Waals surface area (Å²) in [5, 5.41) is 0. The standard InChI is InChI=1S/C15H21FN2O/c1-2-12-6-4-3-5-9-18(12)15(19)13-8-7-11(16)10-14(13)17/h7-8,10,12H,2-6,9,17H2,1H3. The maximum absolute atomic E-state index is 13.1. The molecule has 0 aromatic heterocycles. The fourth-order valence-corrected chi connectivity index (χ4v) is 2.75. The first-order valence-corrected chi connectivity index (χ1v) is 6.99. The highest BCUT2D eigenvalue weighted by Crippen LogP contribution is 2.23. The molecular weight excluding hydrogens is 243 g/mol. The molecule has 1 aliphatic heterocycles.